The largest absolute Gasteiger partial charge is 0.378 e. The molecule has 0 saturated heterocycles. The number of alkyl halides is 1. The highest BCUT2D eigenvalue weighted by molar-refractivity contribution is 9.09. The number of rotatable bonds is 6. The smallest absolute Gasteiger partial charge is 0.0580 e. The van der Waals surface area contributed by atoms with Gasteiger partial charge in [-0.25, -0.2) is 0 Å². The van der Waals surface area contributed by atoms with Crippen LogP contribution >= 0.6 is 27.5 Å². The molecule has 1 unspecified atom stereocenters. The van der Waals surface area contributed by atoms with Crippen LogP contribution < -0.4 is 0 Å². The second-order valence-electron chi connectivity index (χ2n) is 5.04. The van der Waals surface area contributed by atoms with Gasteiger partial charge in [0.25, 0.3) is 0 Å². The first-order valence-corrected chi connectivity index (χ1v) is 7.97. The van der Waals surface area contributed by atoms with Gasteiger partial charge < -0.3 is 4.74 Å². The van der Waals surface area contributed by atoms with E-state index in [0.717, 1.165) is 24.0 Å². The van der Waals surface area contributed by atoms with Crippen LogP contribution in [0.4, 0.5) is 0 Å². The summed E-state index contributed by atoms with van der Waals surface area (Å²) in [6.07, 6.45) is 5.18. The van der Waals surface area contributed by atoms with Crippen LogP contribution in [0, 0.1) is 5.92 Å². The minimum absolute atomic E-state index is 0.514. The Morgan fingerprint density at radius 1 is 1.39 bits per heavy atom. The van der Waals surface area contributed by atoms with E-state index in [2.05, 4.69) is 35.0 Å². The Morgan fingerprint density at radius 3 is 2.78 bits per heavy atom. The molecule has 1 aromatic carbocycles. The lowest BCUT2D eigenvalue weighted by molar-refractivity contribution is -0.0263. The van der Waals surface area contributed by atoms with Crippen LogP contribution in [0.25, 0.3) is 0 Å². The van der Waals surface area contributed by atoms with Crippen molar-refractivity contribution < 1.29 is 4.74 Å². The topological polar surface area (TPSA) is 9.23 Å². The lowest BCUT2D eigenvalue weighted by atomic mass is 9.79. The van der Waals surface area contributed by atoms with Crippen LogP contribution in [-0.4, -0.2) is 17.5 Å². The van der Waals surface area contributed by atoms with E-state index >= 15 is 0 Å². The van der Waals surface area contributed by atoms with Gasteiger partial charge in [-0.15, -0.1) is 0 Å². The van der Waals surface area contributed by atoms with E-state index in [9.17, 15) is 0 Å². The Hall–Kier alpha value is -0.0500. The third-order valence-electron chi connectivity index (χ3n) is 3.58. The SMILES string of the molecule is CCOC1CC(CC(Br)Cc2ccccc2Cl)C1. The molecule has 0 heterocycles. The number of hydrogen-bond acceptors (Lipinski definition) is 1. The highest BCUT2D eigenvalue weighted by Gasteiger charge is 2.30. The van der Waals surface area contributed by atoms with E-state index in [1.165, 1.54) is 24.8 Å². The van der Waals surface area contributed by atoms with Gasteiger partial charge in [-0.3, -0.25) is 0 Å². The molecule has 0 amide bonds. The summed E-state index contributed by atoms with van der Waals surface area (Å²) in [5, 5.41) is 0.878. The fraction of sp³-hybridized carbons (Fsp3) is 0.600. The van der Waals surface area contributed by atoms with Crippen LogP contribution in [0.15, 0.2) is 24.3 Å². The molecule has 3 heteroatoms. The van der Waals surface area contributed by atoms with Gasteiger partial charge in [0.05, 0.1) is 6.10 Å². The predicted octanol–water partition coefficient (Wildman–Crippen LogP) is 4.85. The molecule has 1 aromatic rings. The summed E-state index contributed by atoms with van der Waals surface area (Å²) in [6, 6.07) is 8.11. The molecule has 1 saturated carbocycles. The van der Waals surface area contributed by atoms with E-state index in [0.29, 0.717) is 10.9 Å². The van der Waals surface area contributed by atoms with Crippen LogP contribution in [-0.2, 0) is 11.2 Å². The maximum atomic E-state index is 6.18. The minimum atomic E-state index is 0.514. The first kappa shape index (κ1) is 14.4. The van der Waals surface area contributed by atoms with Crippen molar-refractivity contribution in [1.29, 1.82) is 0 Å². The monoisotopic (exact) mass is 330 g/mol. The van der Waals surface area contributed by atoms with Gasteiger partial charge in [-0.1, -0.05) is 45.7 Å². The molecule has 2 rings (SSSR count). The van der Waals surface area contributed by atoms with Crippen molar-refractivity contribution in [3.63, 3.8) is 0 Å². The van der Waals surface area contributed by atoms with E-state index in [1.54, 1.807) is 0 Å². The van der Waals surface area contributed by atoms with Gasteiger partial charge in [0.15, 0.2) is 0 Å². The molecule has 1 aliphatic carbocycles. The molecule has 0 N–H and O–H groups in total. The molecule has 100 valence electrons. The zero-order valence-electron chi connectivity index (χ0n) is 10.7. The minimum Gasteiger partial charge on any atom is -0.378 e. The zero-order chi connectivity index (χ0) is 13.0. The third-order valence-corrected chi connectivity index (χ3v) is 4.65. The van der Waals surface area contributed by atoms with Crippen molar-refractivity contribution in [3.05, 3.63) is 34.9 Å². The Kier molecular flexibility index (Phi) is 5.53. The van der Waals surface area contributed by atoms with Crippen molar-refractivity contribution >= 4 is 27.5 Å². The average Bonchev–Trinajstić information content (AvgIpc) is 2.29. The van der Waals surface area contributed by atoms with Crippen molar-refractivity contribution in [2.45, 2.75) is 43.5 Å². The molecule has 0 bridgehead atoms. The van der Waals surface area contributed by atoms with Crippen molar-refractivity contribution in [2.75, 3.05) is 6.61 Å². The summed E-state index contributed by atoms with van der Waals surface area (Å²) in [7, 11) is 0. The van der Waals surface area contributed by atoms with E-state index in [4.69, 9.17) is 16.3 Å². The maximum absolute atomic E-state index is 6.18. The molecule has 1 aliphatic rings. The summed E-state index contributed by atoms with van der Waals surface area (Å²) < 4.78 is 5.59. The van der Waals surface area contributed by atoms with E-state index in [-0.39, 0.29) is 0 Å². The zero-order valence-corrected chi connectivity index (χ0v) is 13.1. The number of benzene rings is 1. The standard InChI is InChI=1S/C15H20BrClO/c1-2-18-14-8-11(9-14)7-13(16)10-12-5-3-4-6-15(12)17/h3-6,11,13-14H,2,7-10H2,1H3. The maximum Gasteiger partial charge on any atom is 0.0580 e. The summed E-state index contributed by atoms with van der Waals surface area (Å²) >= 11 is 9.96. The second-order valence-corrected chi connectivity index (χ2v) is 6.75. The molecular formula is C15H20BrClO. The van der Waals surface area contributed by atoms with Gasteiger partial charge in [-0.2, -0.15) is 0 Å². The lowest BCUT2D eigenvalue weighted by Crippen LogP contribution is -2.33. The van der Waals surface area contributed by atoms with Gasteiger partial charge in [0, 0.05) is 16.5 Å². The van der Waals surface area contributed by atoms with Crippen molar-refractivity contribution in [3.8, 4) is 0 Å². The molecular weight excluding hydrogens is 312 g/mol. The second kappa shape index (κ2) is 6.93. The third kappa shape index (κ3) is 3.97. The molecule has 0 spiro atoms. The molecule has 1 atom stereocenters. The summed E-state index contributed by atoms with van der Waals surface area (Å²) in [5.41, 5.74) is 1.24. The molecule has 18 heavy (non-hydrogen) atoms. The Labute approximate surface area is 123 Å². The first-order valence-electron chi connectivity index (χ1n) is 6.68. The van der Waals surface area contributed by atoms with E-state index in [1.807, 2.05) is 12.1 Å². The normalized spacial score (nSPS) is 24.6. The Balaban J connectivity index is 1.73. The average molecular weight is 332 g/mol. The predicted molar refractivity (Wildman–Crippen MR) is 80.6 cm³/mol. The summed E-state index contributed by atoms with van der Waals surface area (Å²) in [6.45, 7) is 2.91. The number of halogens is 2. The fourth-order valence-electron chi connectivity index (χ4n) is 2.59. The van der Waals surface area contributed by atoms with Crippen molar-refractivity contribution in [2.24, 2.45) is 5.92 Å². The fourth-order valence-corrected chi connectivity index (χ4v) is 3.68. The summed E-state index contributed by atoms with van der Waals surface area (Å²) in [5.74, 6) is 0.813. The Morgan fingerprint density at radius 2 is 2.11 bits per heavy atom. The van der Waals surface area contributed by atoms with Gasteiger partial charge in [0.1, 0.15) is 0 Å². The molecule has 1 nitrogen and oxygen atoms in total. The number of ether oxygens (including phenoxy) is 1. The van der Waals surface area contributed by atoms with Crippen LogP contribution in [0.5, 0.6) is 0 Å². The molecule has 0 radical (unpaired) electrons. The molecule has 1 fully saturated rings. The van der Waals surface area contributed by atoms with Crippen LogP contribution in [0.3, 0.4) is 0 Å². The van der Waals surface area contributed by atoms with Gasteiger partial charge in [-0.05, 0) is 50.2 Å². The number of hydrogen-bond donors (Lipinski definition) is 0. The molecule has 0 aliphatic heterocycles. The van der Waals surface area contributed by atoms with Gasteiger partial charge >= 0.3 is 0 Å². The van der Waals surface area contributed by atoms with Gasteiger partial charge in [0.2, 0.25) is 0 Å². The van der Waals surface area contributed by atoms with Crippen LogP contribution in [0.2, 0.25) is 5.02 Å². The lowest BCUT2D eigenvalue weighted by Gasteiger charge is -2.36. The quantitative estimate of drug-likeness (QED) is 0.677. The molecule has 0 aromatic heterocycles. The highest BCUT2D eigenvalue weighted by atomic mass is 79.9. The van der Waals surface area contributed by atoms with Crippen LogP contribution in [0.1, 0.15) is 31.7 Å². The highest BCUT2D eigenvalue weighted by Crippen LogP contribution is 2.36. The van der Waals surface area contributed by atoms with E-state index < -0.39 is 0 Å². The first-order chi connectivity index (χ1) is 8.69. The summed E-state index contributed by atoms with van der Waals surface area (Å²) in [4.78, 5) is 0.518. The Bertz CT molecular complexity index is 377. The van der Waals surface area contributed by atoms with Crippen molar-refractivity contribution in [1.82, 2.24) is 0 Å².